The Kier molecular flexibility index (Phi) is 3.27. The number of aromatic nitrogens is 2. The number of nitrogens with one attached hydrogen (secondary N) is 1. The lowest BCUT2D eigenvalue weighted by Gasteiger charge is -2.02. The number of hydrogen-bond acceptors (Lipinski definition) is 3. The SMILES string of the molecule is O=c1[nH]c(CCl)nc2scc(-c3cccc(F)c3F)c12. The molecular formula is C13H7ClF2N2OS. The molecule has 1 aromatic carbocycles. The van der Waals surface area contributed by atoms with Gasteiger partial charge in [0.05, 0.1) is 11.3 Å². The highest BCUT2D eigenvalue weighted by atomic mass is 35.5. The van der Waals surface area contributed by atoms with Crippen molar-refractivity contribution in [2.45, 2.75) is 5.88 Å². The Bertz CT molecular complexity index is 859. The minimum Gasteiger partial charge on any atom is -0.309 e. The molecule has 2 heterocycles. The Morgan fingerprint density at radius 2 is 2.10 bits per heavy atom. The van der Waals surface area contributed by atoms with Crippen LogP contribution in [-0.4, -0.2) is 9.97 Å². The van der Waals surface area contributed by atoms with Crippen LogP contribution in [-0.2, 0) is 5.88 Å². The lowest BCUT2D eigenvalue weighted by Crippen LogP contribution is -2.10. The van der Waals surface area contributed by atoms with Crippen molar-refractivity contribution in [1.82, 2.24) is 9.97 Å². The van der Waals surface area contributed by atoms with Gasteiger partial charge in [0.25, 0.3) is 5.56 Å². The van der Waals surface area contributed by atoms with E-state index in [4.69, 9.17) is 11.6 Å². The smallest absolute Gasteiger partial charge is 0.260 e. The van der Waals surface area contributed by atoms with Crippen LogP contribution in [0.2, 0.25) is 0 Å². The maximum atomic E-state index is 13.8. The van der Waals surface area contributed by atoms with Gasteiger partial charge in [-0.15, -0.1) is 22.9 Å². The number of halogens is 3. The van der Waals surface area contributed by atoms with Gasteiger partial charge in [0.15, 0.2) is 11.6 Å². The number of thiophene rings is 1. The van der Waals surface area contributed by atoms with E-state index in [1.165, 1.54) is 23.5 Å². The minimum atomic E-state index is -0.979. The van der Waals surface area contributed by atoms with Gasteiger partial charge >= 0.3 is 0 Å². The van der Waals surface area contributed by atoms with Crippen LogP contribution in [0.3, 0.4) is 0 Å². The second kappa shape index (κ2) is 4.96. The number of H-pyrrole nitrogens is 1. The summed E-state index contributed by atoms with van der Waals surface area (Å²) in [5.41, 5.74) is -0.0374. The summed E-state index contributed by atoms with van der Waals surface area (Å²) >= 11 is 6.82. The van der Waals surface area contributed by atoms with Gasteiger partial charge in [0.1, 0.15) is 10.7 Å². The second-order valence-corrected chi connectivity index (χ2v) is 5.20. The van der Waals surface area contributed by atoms with E-state index in [1.54, 1.807) is 5.38 Å². The van der Waals surface area contributed by atoms with E-state index in [0.717, 1.165) is 6.07 Å². The maximum Gasteiger partial charge on any atom is 0.260 e. The third-order valence-corrected chi connectivity index (χ3v) is 3.99. The van der Waals surface area contributed by atoms with Gasteiger partial charge in [-0.05, 0) is 6.07 Å². The molecule has 1 N–H and O–H groups in total. The fraction of sp³-hybridized carbons (Fsp3) is 0.0769. The number of fused-ring (bicyclic) bond motifs is 1. The number of aromatic amines is 1. The molecule has 0 fully saturated rings. The summed E-state index contributed by atoms with van der Waals surface area (Å²) < 4.78 is 27.1. The number of nitrogens with zero attached hydrogens (tertiary/aromatic N) is 1. The van der Waals surface area contributed by atoms with Crippen molar-refractivity contribution in [3.8, 4) is 11.1 Å². The maximum absolute atomic E-state index is 13.8. The van der Waals surface area contributed by atoms with Gasteiger partial charge in [-0.1, -0.05) is 12.1 Å². The molecule has 3 aromatic rings. The van der Waals surface area contributed by atoms with Crippen LogP contribution in [0.5, 0.6) is 0 Å². The van der Waals surface area contributed by atoms with Crippen LogP contribution in [0.4, 0.5) is 8.78 Å². The first-order valence-electron chi connectivity index (χ1n) is 5.62. The van der Waals surface area contributed by atoms with Crippen LogP contribution in [0.15, 0.2) is 28.4 Å². The zero-order valence-electron chi connectivity index (χ0n) is 9.91. The van der Waals surface area contributed by atoms with E-state index < -0.39 is 17.2 Å². The van der Waals surface area contributed by atoms with Crippen molar-refractivity contribution in [2.75, 3.05) is 0 Å². The fourth-order valence-electron chi connectivity index (χ4n) is 1.97. The third-order valence-electron chi connectivity index (χ3n) is 2.86. The van der Waals surface area contributed by atoms with Crippen molar-refractivity contribution in [3.05, 3.63) is 51.4 Å². The van der Waals surface area contributed by atoms with Gasteiger partial charge in [-0.25, -0.2) is 13.8 Å². The zero-order valence-corrected chi connectivity index (χ0v) is 11.5. The Labute approximate surface area is 120 Å². The number of rotatable bonds is 2. The topological polar surface area (TPSA) is 45.8 Å². The van der Waals surface area contributed by atoms with Gasteiger partial charge in [0, 0.05) is 16.5 Å². The molecule has 0 radical (unpaired) electrons. The Hall–Kier alpha value is -1.79. The van der Waals surface area contributed by atoms with Crippen LogP contribution >= 0.6 is 22.9 Å². The molecule has 0 spiro atoms. The molecule has 0 saturated heterocycles. The largest absolute Gasteiger partial charge is 0.309 e. The van der Waals surface area contributed by atoms with E-state index in [9.17, 15) is 13.6 Å². The predicted octanol–water partition coefficient (Wildman–Crippen LogP) is 3.67. The fourth-order valence-corrected chi connectivity index (χ4v) is 3.05. The standard InChI is InChI=1S/C13H7ClF2N2OS/c14-4-9-17-12(19)10-7(5-20-13(10)18-9)6-2-1-3-8(15)11(6)16/h1-3,5H,4H2,(H,17,18,19). The molecule has 0 saturated carbocycles. The summed E-state index contributed by atoms with van der Waals surface area (Å²) in [6, 6.07) is 3.85. The lowest BCUT2D eigenvalue weighted by atomic mass is 10.1. The van der Waals surface area contributed by atoms with Crippen LogP contribution < -0.4 is 5.56 Å². The average Bonchev–Trinajstić information content (AvgIpc) is 2.86. The molecule has 102 valence electrons. The predicted molar refractivity (Wildman–Crippen MR) is 75.1 cm³/mol. The van der Waals surface area contributed by atoms with E-state index >= 15 is 0 Å². The molecule has 0 aliphatic carbocycles. The number of alkyl halides is 1. The van der Waals surface area contributed by atoms with E-state index in [1.807, 2.05) is 0 Å². The third kappa shape index (κ3) is 2.01. The molecule has 0 amide bonds. The molecule has 20 heavy (non-hydrogen) atoms. The monoisotopic (exact) mass is 312 g/mol. The van der Waals surface area contributed by atoms with Crippen LogP contribution in [0.25, 0.3) is 21.3 Å². The quantitative estimate of drug-likeness (QED) is 0.734. The highest BCUT2D eigenvalue weighted by molar-refractivity contribution is 7.17. The summed E-state index contributed by atoms with van der Waals surface area (Å²) in [4.78, 5) is 19.2. The second-order valence-electron chi connectivity index (χ2n) is 4.08. The molecule has 2 aromatic heterocycles. The molecule has 0 unspecified atom stereocenters. The highest BCUT2D eigenvalue weighted by Crippen LogP contribution is 2.33. The average molecular weight is 313 g/mol. The number of benzene rings is 1. The van der Waals surface area contributed by atoms with Crippen LogP contribution in [0.1, 0.15) is 5.82 Å². The van der Waals surface area contributed by atoms with E-state index in [-0.39, 0.29) is 16.8 Å². The van der Waals surface area contributed by atoms with Gasteiger partial charge in [0.2, 0.25) is 0 Å². The Morgan fingerprint density at radius 1 is 1.30 bits per heavy atom. The van der Waals surface area contributed by atoms with Gasteiger partial charge in [-0.2, -0.15) is 0 Å². The summed E-state index contributed by atoms with van der Waals surface area (Å²) in [7, 11) is 0. The molecule has 7 heteroatoms. The molecular weight excluding hydrogens is 306 g/mol. The minimum absolute atomic E-state index is 0.0437. The first kappa shape index (κ1) is 13.2. The van der Waals surface area contributed by atoms with E-state index in [2.05, 4.69) is 9.97 Å². The molecule has 3 rings (SSSR count). The Balaban J connectivity index is 2.33. The molecule has 0 aliphatic rings. The van der Waals surface area contributed by atoms with Crippen LogP contribution in [0, 0.1) is 11.6 Å². The summed E-state index contributed by atoms with van der Waals surface area (Å²) in [6.07, 6.45) is 0. The van der Waals surface area contributed by atoms with Crippen molar-refractivity contribution < 1.29 is 8.78 Å². The van der Waals surface area contributed by atoms with Crippen molar-refractivity contribution in [3.63, 3.8) is 0 Å². The van der Waals surface area contributed by atoms with Gasteiger partial charge in [-0.3, -0.25) is 4.79 Å². The number of hydrogen-bond donors (Lipinski definition) is 1. The Morgan fingerprint density at radius 3 is 2.85 bits per heavy atom. The molecule has 0 aliphatic heterocycles. The molecule has 0 bridgehead atoms. The summed E-state index contributed by atoms with van der Waals surface area (Å²) in [6.45, 7) is 0. The lowest BCUT2D eigenvalue weighted by molar-refractivity contribution is 0.511. The van der Waals surface area contributed by atoms with Crippen molar-refractivity contribution in [2.24, 2.45) is 0 Å². The first-order chi connectivity index (χ1) is 9.61. The van der Waals surface area contributed by atoms with Crippen molar-refractivity contribution in [1.29, 1.82) is 0 Å². The summed E-state index contributed by atoms with van der Waals surface area (Å²) in [5, 5.41) is 1.83. The highest BCUT2D eigenvalue weighted by Gasteiger charge is 2.17. The van der Waals surface area contributed by atoms with E-state index in [0.29, 0.717) is 16.2 Å². The van der Waals surface area contributed by atoms with Crippen molar-refractivity contribution >= 4 is 33.2 Å². The summed E-state index contributed by atoms with van der Waals surface area (Å²) in [5.74, 6) is -1.51. The first-order valence-corrected chi connectivity index (χ1v) is 7.04. The van der Waals surface area contributed by atoms with Gasteiger partial charge < -0.3 is 4.98 Å². The molecule has 3 nitrogen and oxygen atoms in total. The zero-order chi connectivity index (χ0) is 14.3. The molecule has 0 atom stereocenters. The normalized spacial score (nSPS) is 11.2.